The number of imidazole rings is 1. The molecule has 1 aromatic carbocycles. The average molecular weight is 529 g/mol. The molecule has 1 spiro atoms. The second-order valence-electron chi connectivity index (χ2n) is 7.31. The van der Waals surface area contributed by atoms with Gasteiger partial charge in [-0.2, -0.15) is 0 Å². The minimum atomic E-state index is -0.00401. The number of likely N-dealkylation sites (tertiary alicyclic amines) is 1. The molecule has 1 radical (unpaired) electrons. The van der Waals surface area contributed by atoms with Crippen molar-refractivity contribution in [3.8, 4) is 0 Å². The Morgan fingerprint density at radius 1 is 1.03 bits per heavy atom. The van der Waals surface area contributed by atoms with E-state index in [1.807, 2.05) is 38.1 Å². The molecule has 4 N–H and O–H groups in total. The van der Waals surface area contributed by atoms with Crippen LogP contribution in [0.25, 0.3) is 16.9 Å². The van der Waals surface area contributed by atoms with Crippen molar-refractivity contribution in [2.75, 3.05) is 0 Å². The summed E-state index contributed by atoms with van der Waals surface area (Å²) in [5, 5.41) is 0. The van der Waals surface area contributed by atoms with Crippen LogP contribution in [0.2, 0.25) is 0 Å². The quantitative estimate of drug-likeness (QED) is 0.313. The maximum absolute atomic E-state index is 8.31. The maximum atomic E-state index is 8.31. The number of hydrogen-bond acceptors (Lipinski definition) is 3. The van der Waals surface area contributed by atoms with Crippen molar-refractivity contribution in [2.45, 2.75) is 66.3 Å². The second-order valence-corrected chi connectivity index (χ2v) is 7.31. The fraction of sp³-hybridized carbons (Fsp3) is 0.407. The largest absolute Gasteiger partial charge is 0.630 e. The first kappa shape index (κ1) is 35.9. The van der Waals surface area contributed by atoms with Crippen LogP contribution in [0.1, 0.15) is 65.6 Å². The summed E-state index contributed by atoms with van der Waals surface area (Å²) in [6.45, 7) is 27.7. The van der Waals surface area contributed by atoms with Crippen LogP contribution in [0.5, 0.6) is 0 Å². The average Bonchev–Trinajstić information content (AvgIpc) is 3.44. The predicted molar refractivity (Wildman–Crippen MR) is 143 cm³/mol. The molecular formula is C27H45N5Y-2. The van der Waals surface area contributed by atoms with Gasteiger partial charge in [0.25, 0.3) is 0 Å². The molecule has 1 aliphatic carbocycles. The van der Waals surface area contributed by atoms with Gasteiger partial charge >= 0.3 is 0 Å². The Bertz CT molecular complexity index is 878. The zero-order valence-corrected chi connectivity index (χ0v) is 24.6. The zero-order chi connectivity index (χ0) is 22.9. The minimum absolute atomic E-state index is 0. The molecule has 1 aromatic heterocycles. The van der Waals surface area contributed by atoms with E-state index in [4.69, 9.17) is 5.84 Å². The summed E-state index contributed by atoms with van der Waals surface area (Å²) in [5.41, 5.74) is 4.79. The van der Waals surface area contributed by atoms with E-state index >= 15 is 0 Å². The number of rotatable bonds is 2. The third kappa shape index (κ3) is 7.15. The Hall–Kier alpha value is -1.69. The standard InChI is InChI=1S/C19H21N4.C3H8.C2H6.C2H4.CH3.H3N.Y/c1-13-14(2)22(15(3)19(13)10-6-7-11-19)12-18-21-16-8-4-5-9-17(16)23(18)20;1-3-2;2*1-2;;;/h4-5,8-9,20H,1-3,6-7,10-12H2;3H2,1-2H3;1-2H3;1-2H2;2*1H3;/q-1;;;;-1;;. The van der Waals surface area contributed by atoms with Crippen LogP contribution in [-0.2, 0) is 39.3 Å². The van der Waals surface area contributed by atoms with Crippen LogP contribution in [0, 0.1) is 12.8 Å². The number of aromatic nitrogens is 2. The molecule has 1 saturated carbocycles. The molecule has 183 valence electrons. The normalized spacial score (nSPS) is 15.0. The van der Waals surface area contributed by atoms with Gasteiger partial charge in [-0.3, -0.25) is 0 Å². The molecule has 2 aliphatic rings. The van der Waals surface area contributed by atoms with Crippen LogP contribution < -0.4 is 6.15 Å². The van der Waals surface area contributed by atoms with E-state index in [1.54, 1.807) is 0 Å². The van der Waals surface area contributed by atoms with Gasteiger partial charge in [0.1, 0.15) is 5.82 Å². The molecule has 0 bridgehead atoms. The number of nitrogens with zero attached hydrogens (tertiary/aromatic N) is 3. The molecule has 1 saturated heterocycles. The van der Waals surface area contributed by atoms with Gasteiger partial charge in [0.2, 0.25) is 0 Å². The number of hydrogen-bond donors (Lipinski definition) is 1. The van der Waals surface area contributed by atoms with E-state index in [0.717, 1.165) is 40.8 Å². The van der Waals surface area contributed by atoms with Gasteiger partial charge in [0, 0.05) is 49.5 Å². The van der Waals surface area contributed by atoms with Crippen LogP contribution >= 0.6 is 0 Å². The summed E-state index contributed by atoms with van der Waals surface area (Å²) in [7, 11) is 0. The van der Waals surface area contributed by atoms with Gasteiger partial charge in [-0.15, -0.1) is 13.2 Å². The summed E-state index contributed by atoms with van der Waals surface area (Å²) >= 11 is 0. The topological polar surface area (TPSA) is 79.9 Å². The Balaban J connectivity index is -0.000000819. The monoisotopic (exact) mass is 528 g/mol. The smallest absolute Gasteiger partial charge is 0.116 e. The van der Waals surface area contributed by atoms with Crippen molar-refractivity contribution in [1.29, 1.82) is 0 Å². The molecule has 5 nitrogen and oxygen atoms in total. The Morgan fingerprint density at radius 2 is 1.52 bits per heavy atom. The Morgan fingerprint density at radius 3 is 2.00 bits per heavy atom. The first-order valence-electron chi connectivity index (χ1n) is 11.0. The summed E-state index contributed by atoms with van der Waals surface area (Å²) in [6, 6.07) is 7.74. The van der Waals surface area contributed by atoms with Gasteiger partial charge in [-0.25, -0.2) is 4.98 Å². The van der Waals surface area contributed by atoms with Gasteiger partial charge in [-0.05, 0) is 30.5 Å². The SMILES string of the molecule is C=C.C=C1C(=C)C2(CCCC2)C(=C)N1Cc1nc2ccccc2n1[NH-].CC.CCC.N.[CH3-].[Y]. The summed E-state index contributed by atoms with van der Waals surface area (Å²) in [5.74, 6) is 9.02. The van der Waals surface area contributed by atoms with Crippen molar-refractivity contribution in [3.63, 3.8) is 0 Å². The van der Waals surface area contributed by atoms with Gasteiger partial charge < -0.3 is 29.0 Å². The van der Waals surface area contributed by atoms with Gasteiger partial charge in [0.15, 0.2) is 0 Å². The maximum Gasteiger partial charge on any atom is 0.116 e. The molecule has 0 amide bonds. The third-order valence-electron chi connectivity index (χ3n) is 5.52. The number of para-hydroxylation sites is 2. The molecule has 33 heavy (non-hydrogen) atoms. The molecule has 4 rings (SSSR count). The van der Waals surface area contributed by atoms with E-state index in [1.165, 1.54) is 23.9 Å². The van der Waals surface area contributed by atoms with E-state index in [9.17, 15) is 0 Å². The molecule has 6 heteroatoms. The summed E-state index contributed by atoms with van der Waals surface area (Å²) in [4.78, 5) is 6.72. The van der Waals surface area contributed by atoms with Crippen LogP contribution in [0.15, 0.2) is 74.1 Å². The number of fused-ring (bicyclic) bond motifs is 1. The van der Waals surface area contributed by atoms with Gasteiger partial charge in [0.05, 0.1) is 17.6 Å². The van der Waals surface area contributed by atoms with E-state index in [2.05, 4.69) is 56.6 Å². The number of benzene rings is 1. The minimum Gasteiger partial charge on any atom is -0.630 e. The van der Waals surface area contributed by atoms with E-state index < -0.39 is 0 Å². The van der Waals surface area contributed by atoms with Crippen molar-refractivity contribution >= 4 is 11.0 Å². The molecule has 0 unspecified atom stereocenters. The predicted octanol–water partition coefficient (Wildman–Crippen LogP) is 8.67. The van der Waals surface area contributed by atoms with E-state index in [-0.39, 0.29) is 51.7 Å². The second kappa shape index (κ2) is 16.9. The van der Waals surface area contributed by atoms with Gasteiger partial charge in [-0.1, -0.05) is 78.8 Å². The first-order chi connectivity index (χ1) is 14.5. The first-order valence-corrected chi connectivity index (χ1v) is 11.0. The molecular weight excluding hydrogens is 483 g/mol. The van der Waals surface area contributed by atoms with Crippen molar-refractivity contribution in [2.24, 2.45) is 5.41 Å². The fourth-order valence-corrected chi connectivity index (χ4v) is 4.12. The van der Waals surface area contributed by atoms with E-state index in [0.29, 0.717) is 12.4 Å². The Labute approximate surface area is 228 Å². The Kier molecular flexibility index (Phi) is 18.3. The van der Waals surface area contributed by atoms with Crippen LogP contribution in [0.3, 0.4) is 0 Å². The molecule has 2 fully saturated rings. The van der Waals surface area contributed by atoms with Crippen LogP contribution in [-0.4, -0.2) is 14.6 Å². The van der Waals surface area contributed by atoms with Crippen molar-refractivity contribution in [3.05, 3.63) is 93.2 Å². The number of allylic oxidation sites excluding steroid dienone is 2. The third-order valence-corrected chi connectivity index (χ3v) is 5.52. The molecule has 2 aromatic rings. The molecule has 1 aliphatic heterocycles. The summed E-state index contributed by atoms with van der Waals surface area (Å²) < 4.78 is 1.41. The zero-order valence-electron chi connectivity index (χ0n) is 21.7. The van der Waals surface area contributed by atoms with Crippen molar-refractivity contribution in [1.82, 2.24) is 20.7 Å². The summed E-state index contributed by atoms with van der Waals surface area (Å²) in [6.07, 6.45) is 5.90. The fourth-order valence-electron chi connectivity index (χ4n) is 4.12. The molecule has 2 heterocycles. The molecule has 0 atom stereocenters. The number of nitrogens with one attached hydrogen (secondary N) is 1. The van der Waals surface area contributed by atoms with Crippen LogP contribution in [0.4, 0.5) is 0 Å². The van der Waals surface area contributed by atoms with Crippen molar-refractivity contribution < 1.29 is 32.7 Å².